The van der Waals surface area contributed by atoms with Gasteiger partial charge in [0.15, 0.2) is 0 Å². The van der Waals surface area contributed by atoms with Crippen molar-refractivity contribution in [2.24, 2.45) is 0 Å². The maximum Gasteiger partial charge on any atom is 0.407 e. The van der Waals surface area contributed by atoms with Crippen LogP contribution in [0.25, 0.3) is 0 Å². The molecule has 0 radical (unpaired) electrons. The van der Waals surface area contributed by atoms with Crippen molar-refractivity contribution in [1.82, 2.24) is 5.32 Å². The maximum atomic E-state index is 11.4. The number of amides is 1. The summed E-state index contributed by atoms with van der Waals surface area (Å²) in [4.78, 5) is 11.4. The van der Waals surface area contributed by atoms with Crippen LogP contribution in [0, 0.1) is 11.8 Å². The number of carbonyl (C=O) groups excluding carboxylic acids is 1. The molecule has 0 atom stereocenters. The van der Waals surface area contributed by atoms with E-state index < -0.39 is 11.7 Å². The van der Waals surface area contributed by atoms with Crippen molar-refractivity contribution in [1.29, 1.82) is 0 Å². The van der Waals surface area contributed by atoms with Gasteiger partial charge in [0.25, 0.3) is 0 Å². The fraction of sp³-hybridized carbons (Fsp3) is 0.471. The molecule has 0 bridgehead atoms. The molecule has 0 spiro atoms. The summed E-state index contributed by atoms with van der Waals surface area (Å²) >= 11 is 0. The lowest BCUT2D eigenvalue weighted by molar-refractivity contribution is 0.0529. The van der Waals surface area contributed by atoms with E-state index in [2.05, 4.69) is 17.2 Å². The molecule has 0 aliphatic carbocycles. The molecule has 5 nitrogen and oxygen atoms in total. The van der Waals surface area contributed by atoms with Crippen LogP contribution in [0.2, 0.25) is 0 Å². The molecule has 120 valence electrons. The van der Waals surface area contributed by atoms with Gasteiger partial charge in [-0.25, -0.2) is 4.79 Å². The standard InChI is InChI=1S/C17H23NO4/c1-17(2,3)22-16(19)18-9-7-6-8-13-10-14(20-4)12-15(11-13)21-5/h10-12H,7,9H2,1-5H3,(H,18,19). The first-order valence-corrected chi connectivity index (χ1v) is 7.03. The Morgan fingerprint density at radius 1 is 1.14 bits per heavy atom. The molecule has 0 aliphatic rings. The molecule has 1 rings (SSSR count). The molecule has 5 heteroatoms. The number of hydrogen-bond acceptors (Lipinski definition) is 4. The SMILES string of the molecule is COc1cc(C#CCCNC(=O)OC(C)(C)C)cc(OC)c1. The number of methoxy groups -OCH3 is 2. The van der Waals surface area contributed by atoms with E-state index >= 15 is 0 Å². The third kappa shape index (κ3) is 6.89. The van der Waals surface area contributed by atoms with E-state index in [1.807, 2.05) is 32.9 Å². The van der Waals surface area contributed by atoms with E-state index in [1.54, 1.807) is 20.3 Å². The van der Waals surface area contributed by atoms with Crippen LogP contribution in [-0.4, -0.2) is 32.5 Å². The minimum Gasteiger partial charge on any atom is -0.497 e. The summed E-state index contributed by atoms with van der Waals surface area (Å²) in [7, 11) is 3.19. The fourth-order valence-corrected chi connectivity index (χ4v) is 1.59. The van der Waals surface area contributed by atoms with E-state index in [9.17, 15) is 4.79 Å². The van der Waals surface area contributed by atoms with E-state index in [1.165, 1.54) is 0 Å². The fourth-order valence-electron chi connectivity index (χ4n) is 1.59. The second-order valence-electron chi connectivity index (χ2n) is 5.58. The van der Waals surface area contributed by atoms with Crippen molar-refractivity contribution >= 4 is 6.09 Å². The number of nitrogens with one attached hydrogen (secondary N) is 1. The third-order valence-electron chi connectivity index (χ3n) is 2.50. The quantitative estimate of drug-likeness (QED) is 0.686. The molecule has 1 aromatic rings. The van der Waals surface area contributed by atoms with E-state index in [0.717, 1.165) is 5.56 Å². The number of hydrogen-bond donors (Lipinski definition) is 1. The van der Waals surface area contributed by atoms with Gasteiger partial charge in [-0.1, -0.05) is 11.8 Å². The van der Waals surface area contributed by atoms with Gasteiger partial charge in [0.1, 0.15) is 17.1 Å². The molecule has 0 fully saturated rings. The molecular formula is C17H23NO4. The largest absolute Gasteiger partial charge is 0.497 e. The van der Waals surface area contributed by atoms with Crippen LogP contribution in [0.4, 0.5) is 4.79 Å². The highest BCUT2D eigenvalue weighted by molar-refractivity contribution is 5.67. The van der Waals surface area contributed by atoms with Gasteiger partial charge >= 0.3 is 6.09 Å². The molecule has 0 heterocycles. The Hall–Kier alpha value is -2.35. The lowest BCUT2D eigenvalue weighted by atomic mass is 10.2. The molecule has 1 amide bonds. The Bertz CT molecular complexity index is 542. The lowest BCUT2D eigenvalue weighted by Gasteiger charge is -2.19. The molecule has 0 unspecified atom stereocenters. The van der Waals surface area contributed by atoms with Crippen LogP contribution >= 0.6 is 0 Å². The van der Waals surface area contributed by atoms with E-state index in [4.69, 9.17) is 14.2 Å². The van der Waals surface area contributed by atoms with Gasteiger partial charge in [-0.15, -0.1) is 0 Å². The summed E-state index contributed by atoms with van der Waals surface area (Å²) in [5.41, 5.74) is 0.306. The Morgan fingerprint density at radius 3 is 2.23 bits per heavy atom. The number of benzene rings is 1. The normalized spacial score (nSPS) is 10.2. The van der Waals surface area contributed by atoms with E-state index in [-0.39, 0.29) is 0 Å². The minimum absolute atomic E-state index is 0.433. The molecule has 0 saturated heterocycles. The zero-order valence-electron chi connectivity index (χ0n) is 13.8. The second-order valence-corrected chi connectivity index (χ2v) is 5.58. The monoisotopic (exact) mass is 305 g/mol. The Kier molecular flexibility index (Phi) is 6.58. The van der Waals surface area contributed by atoms with Crippen molar-refractivity contribution in [2.75, 3.05) is 20.8 Å². The van der Waals surface area contributed by atoms with Gasteiger partial charge in [0.05, 0.1) is 14.2 Å². The number of alkyl carbamates (subject to hydrolysis) is 1. The number of carbonyl (C=O) groups is 1. The first-order valence-electron chi connectivity index (χ1n) is 7.03. The van der Waals surface area contributed by atoms with Crippen LogP contribution in [0.1, 0.15) is 32.8 Å². The van der Waals surface area contributed by atoms with Crippen molar-refractivity contribution in [3.05, 3.63) is 23.8 Å². The van der Waals surface area contributed by atoms with E-state index in [0.29, 0.717) is 24.5 Å². The lowest BCUT2D eigenvalue weighted by Crippen LogP contribution is -2.32. The molecular weight excluding hydrogens is 282 g/mol. The molecule has 22 heavy (non-hydrogen) atoms. The molecule has 1 aromatic carbocycles. The summed E-state index contributed by atoms with van der Waals surface area (Å²) in [6.45, 7) is 5.90. The van der Waals surface area contributed by atoms with Crippen LogP contribution in [-0.2, 0) is 4.74 Å². The highest BCUT2D eigenvalue weighted by Crippen LogP contribution is 2.21. The van der Waals surface area contributed by atoms with Gasteiger partial charge in [0, 0.05) is 24.6 Å². The van der Waals surface area contributed by atoms with Crippen molar-refractivity contribution < 1.29 is 19.0 Å². The van der Waals surface area contributed by atoms with Gasteiger partial charge in [-0.2, -0.15) is 0 Å². The van der Waals surface area contributed by atoms with Crippen molar-refractivity contribution in [3.63, 3.8) is 0 Å². The maximum absolute atomic E-state index is 11.4. The zero-order valence-corrected chi connectivity index (χ0v) is 13.8. The van der Waals surface area contributed by atoms with Gasteiger partial charge < -0.3 is 19.5 Å². The van der Waals surface area contributed by atoms with Gasteiger partial charge in [-0.3, -0.25) is 0 Å². The summed E-state index contributed by atoms with van der Waals surface area (Å²) < 4.78 is 15.5. The van der Waals surface area contributed by atoms with Crippen LogP contribution in [0.15, 0.2) is 18.2 Å². The summed E-state index contributed by atoms with van der Waals surface area (Å²) in [6.07, 6.45) is 0.0935. The summed E-state index contributed by atoms with van der Waals surface area (Å²) in [6, 6.07) is 5.45. The average Bonchev–Trinajstić information content (AvgIpc) is 2.44. The van der Waals surface area contributed by atoms with Crippen LogP contribution < -0.4 is 14.8 Å². The second kappa shape index (κ2) is 8.18. The smallest absolute Gasteiger partial charge is 0.407 e. The van der Waals surface area contributed by atoms with Crippen molar-refractivity contribution in [3.8, 4) is 23.3 Å². The van der Waals surface area contributed by atoms with Crippen LogP contribution in [0.3, 0.4) is 0 Å². The highest BCUT2D eigenvalue weighted by atomic mass is 16.6. The molecule has 0 saturated carbocycles. The minimum atomic E-state index is -0.493. The Balaban J connectivity index is 2.49. The third-order valence-corrected chi connectivity index (χ3v) is 2.50. The molecule has 0 aromatic heterocycles. The van der Waals surface area contributed by atoms with Crippen LogP contribution in [0.5, 0.6) is 11.5 Å². The predicted molar refractivity (Wildman–Crippen MR) is 85.3 cm³/mol. The summed E-state index contributed by atoms with van der Waals surface area (Å²) in [5, 5.41) is 2.66. The van der Waals surface area contributed by atoms with Crippen molar-refractivity contribution in [2.45, 2.75) is 32.8 Å². The topological polar surface area (TPSA) is 56.8 Å². The van der Waals surface area contributed by atoms with Gasteiger partial charge in [-0.05, 0) is 32.9 Å². The molecule has 1 N–H and O–H groups in total. The molecule has 0 aliphatic heterocycles. The summed E-state index contributed by atoms with van der Waals surface area (Å²) in [5.74, 6) is 7.39. The number of rotatable bonds is 4. The zero-order chi connectivity index (χ0) is 16.6. The highest BCUT2D eigenvalue weighted by Gasteiger charge is 2.15. The number of ether oxygens (including phenoxy) is 3. The Labute approximate surface area is 131 Å². The predicted octanol–water partition coefficient (Wildman–Crippen LogP) is 2.97. The first-order chi connectivity index (χ1) is 10.3. The Morgan fingerprint density at radius 2 is 1.73 bits per heavy atom. The average molecular weight is 305 g/mol. The first kappa shape index (κ1) is 17.7. The van der Waals surface area contributed by atoms with Gasteiger partial charge in [0.2, 0.25) is 0 Å².